The summed E-state index contributed by atoms with van der Waals surface area (Å²) in [5.41, 5.74) is 3.49. The van der Waals surface area contributed by atoms with Gasteiger partial charge in [0.25, 0.3) is 0 Å². The van der Waals surface area contributed by atoms with E-state index in [-0.39, 0.29) is 6.61 Å². The molecule has 0 saturated carbocycles. The minimum atomic E-state index is 0.222. The summed E-state index contributed by atoms with van der Waals surface area (Å²) in [4.78, 5) is 8.70. The maximum absolute atomic E-state index is 8.70. The highest BCUT2D eigenvalue weighted by Crippen LogP contribution is 2.19. The Morgan fingerprint density at radius 1 is 1.24 bits per heavy atom. The van der Waals surface area contributed by atoms with Gasteiger partial charge in [-0.15, -0.1) is 0 Å². The Bertz CT molecular complexity index is 356. The summed E-state index contributed by atoms with van der Waals surface area (Å²) in [5.74, 6) is 7.64. The number of hydrogen-bond donors (Lipinski definition) is 4. The van der Waals surface area contributed by atoms with E-state index >= 15 is 0 Å². The Balaban J connectivity index is 2.75. The number of aliphatic hydroxyl groups excluding tert-OH is 1. The molecule has 0 spiro atoms. The van der Waals surface area contributed by atoms with Gasteiger partial charge in [-0.3, -0.25) is 0 Å². The number of nitrogens with zero attached hydrogens (tertiary/aromatic N) is 2. The number of nitrogens with two attached hydrogens (primary N) is 1. The molecule has 5 N–H and O–H groups in total. The van der Waals surface area contributed by atoms with Crippen LogP contribution in [0.15, 0.2) is 0 Å². The molecular formula is C11H21N5O. The van der Waals surface area contributed by atoms with Crippen LogP contribution in [0.1, 0.15) is 31.2 Å². The first-order chi connectivity index (χ1) is 8.22. The van der Waals surface area contributed by atoms with Crippen molar-refractivity contribution in [3.63, 3.8) is 0 Å². The zero-order valence-electron chi connectivity index (χ0n) is 10.5. The third kappa shape index (κ3) is 3.83. The summed E-state index contributed by atoms with van der Waals surface area (Å²) in [7, 11) is 0. The van der Waals surface area contributed by atoms with Crippen molar-refractivity contribution in [2.45, 2.75) is 33.1 Å². The number of anilines is 2. The second-order valence-corrected chi connectivity index (χ2v) is 3.82. The molecule has 1 rings (SSSR count). The highest BCUT2D eigenvalue weighted by molar-refractivity contribution is 5.56. The van der Waals surface area contributed by atoms with E-state index in [0.717, 1.165) is 43.0 Å². The Kier molecular flexibility index (Phi) is 5.65. The molecule has 0 aliphatic heterocycles. The number of nitrogens with one attached hydrogen (secondary N) is 2. The van der Waals surface area contributed by atoms with Crippen molar-refractivity contribution in [1.82, 2.24) is 9.97 Å². The van der Waals surface area contributed by atoms with Crippen LogP contribution in [0.3, 0.4) is 0 Å². The van der Waals surface area contributed by atoms with Gasteiger partial charge >= 0.3 is 0 Å². The Labute approximate surface area is 102 Å². The minimum Gasteiger partial charge on any atom is -0.396 e. The Morgan fingerprint density at radius 2 is 1.94 bits per heavy atom. The van der Waals surface area contributed by atoms with Crippen LogP contribution in [-0.4, -0.2) is 28.2 Å². The molecular weight excluding hydrogens is 218 g/mol. The number of aryl methyl sites for hydroxylation is 1. The summed E-state index contributed by atoms with van der Waals surface area (Å²) in [6.07, 6.45) is 2.47. The van der Waals surface area contributed by atoms with Gasteiger partial charge in [0.1, 0.15) is 17.5 Å². The van der Waals surface area contributed by atoms with Crippen molar-refractivity contribution in [3.8, 4) is 0 Å². The van der Waals surface area contributed by atoms with Gasteiger partial charge in [0.15, 0.2) is 0 Å². The molecule has 0 amide bonds. The molecule has 0 aliphatic rings. The van der Waals surface area contributed by atoms with Crippen molar-refractivity contribution in [1.29, 1.82) is 0 Å². The summed E-state index contributed by atoms with van der Waals surface area (Å²) in [5, 5.41) is 11.9. The molecule has 0 unspecified atom stereocenters. The van der Waals surface area contributed by atoms with Crippen LogP contribution in [0.25, 0.3) is 0 Å². The van der Waals surface area contributed by atoms with Gasteiger partial charge in [-0.05, 0) is 19.8 Å². The molecule has 0 atom stereocenters. The lowest BCUT2D eigenvalue weighted by Gasteiger charge is -2.12. The smallest absolute Gasteiger partial charge is 0.148 e. The quantitative estimate of drug-likeness (QED) is 0.319. The van der Waals surface area contributed by atoms with E-state index in [9.17, 15) is 0 Å². The Morgan fingerprint density at radius 3 is 2.53 bits per heavy atom. The van der Waals surface area contributed by atoms with Crippen LogP contribution >= 0.6 is 0 Å². The predicted molar refractivity (Wildman–Crippen MR) is 68.8 cm³/mol. The van der Waals surface area contributed by atoms with Crippen molar-refractivity contribution in [2.75, 3.05) is 23.9 Å². The lowest BCUT2D eigenvalue weighted by atomic mass is 10.2. The molecule has 1 aromatic rings. The van der Waals surface area contributed by atoms with Crippen LogP contribution in [0.2, 0.25) is 0 Å². The number of unbranched alkanes of at least 4 members (excludes halogenated alkanes) is 1. The maximum Gasteiger partial charge on any atom is 0.148 e. The average Bonchev–Trinajstić information content (AvgIpc) is 2.36. The monoisotopic (exact) mass is 239 g/mol. The van der Waals surface area contributed by atoms with E-state index in [0.29, 0.717) is 5.82 Å². The van der Waals surface area contributed by atoms with Crippen molar-refractivity contribution in [2.24, 2.45) is 5.84 Å². The molecule has 1 heterocycles. The highest BCUT2D eigenvalue weighted by atomic mass is 16.2. The molecule has 1 aromatic heterocycles. The van der Waals surface area contributed by atoms with Crippen LogP contribution in [0.5, 0.6) is 0 Å². The van der Waals surface area contributed by atoms with E-state index in [1.807, 2.05) is 13.8 Å². The van der Waals surface area contributed by atoms with Crippen molar-refractivity contribution < 1.29 is 5.11 Å². The molecule has 6 heteroatoms. The summed E-state index contributed by atoms with van der Waals surface area (Å²) >= 11 is 0. The van der Waals surface area contributed by atoms with E-state index in [4.69, 9.17) is 10.9 Å². The lowest BCUT2D eigenvalue weighted by molar-refractivity contribution is 0.286. The highest BCUT2D eigenvalue weighted by Gasteiger charge is 2.08. The fourth-order valence-corrected chi connectivity index (χ4v) is 1.48. The predicted octanol–water partition coefficient (Wildman–Crippen LogP) is 0.817. The molecule has 0 radical (unpaired) electrons. The molecule has 0 aliphatic carbocycles. The number of rotatable bonds is 7. The normalized spacial score (nSPS) is 10.4. The standard InChI is InChI=1S/C11H21N5O/c1-3-9-14-10(13-6-4-5-7-17)8(2)11(15-9)16-12/h17H,3-7,12H2,1-2H3,(H2,13,14,15,16). The number of hydrogen-bond acceptors (Lipinski definition) is 6. The average molecular weight is 239 g/mol. The van der Waals surface area contributed by atoms with Gasteiger partial charge in [0.05, 0.1) is 0 Å². The minimum absolute atomic E-state index is 0.222. The van der Waals surface area contributed by atoms with Crippen LogP contribution < -0.4 is 16.6 Å². The van der Waals surface area contributed by atoms with Gasteiger partial charge in [-0.2, -0.15) is 0 Å². The van der Waals surface area contributed by atoms with E-state index < -0.39 is 0 Å². The molecule has 0 bridgehead atoms. The first-order valence-corrected chi connectivity index (χ1v) is 5.91. The fourth-order valence-electron chi connectivity index (χ4n) is 1.48. The Hall–Kier alpha value is -1.40. The number of nitrogen functional groups attached to an aromatic ring is 1. The van der Waals surface area contributed by atoms with Gasteiger partial charge in [0, 0.05) is 25.1 Å². The van der Waals surface area contributed by atoms with Crippen LogP contribution in [-0.2, 0) is 6.42 Å². The third-order valence-corrected chi connectivity index (χ3v) is 2.52. The second-order valence-electron chi connectivity index (χ2n) is 3.82. The van der Waals surface area contributed by atoms with E-state index in [1.165, 1.54) is 0 Å². The number of aliphatic hydroxyl groups is 1. The topological polar surface area (TPSA) is 96.1 Å². The zero-order chi connectivity index (χ0) is 12.7. The first-order valence-electron chi connectivity index (χ1n) is 5.91. The molecule has 0 aromatic carbocycles. The van der Waals surface area contributed by atoms with Gasteiger partial charge in [-0.1, -0.05) is 6.92 Å². The fraction of sp³-hybridized carbons (Fsp3) is 0.636. The SMILES string of the molecule is CCc1nc(NN)c(C)c(NCCCCO)n1. The van der Waals surface area contributed by atoms with Gasteiger partial charge in [-0.25, -0.2) is 15.8 Å². The largest absolute Gasteiger partial charge is 0.396 e. The van der Waals surface area contributed by atoms with Gasteiger partial charge < -0.3 is 15.8 Å². The summed E-state index contributed by atoms with van der Waals surface area (Å²) in [6.45, 7) is 4.93. The van der Waals surface area contributed by atoms with Crippen LogP contribution in [0, 0.1) is 6.92 Å². The second kappa shape index (κ2) is 7.03. The van der Waals surface area contributed by atoms with E-state index in [2.05, 4.69) is 20.7 Å². The van der Waals surface area contributed by atoms with Crippen molar-refractivity contribution in [3.05, 3.63) is 11.4 Å². The molecule has 6 nitrogen and oxygen atoms in total. The van der Waals surface area contributed by atoms with E-state index in [1.54, 1.807) is 0 Å². The summed E-state index contributed by atoms with van der Waals surface area (Å²) in [6, 6.07) is 0. The zero-order valence-corrected chi connectivity index (χ0v) is 10.5. The van der Waals surface area contributed by atoms with Crippen molar-refractivity contribution >= 4 is 11.6 Å². The molecule has 96 valence electrons. The molecule has 0 fully saturated rings. The number of hydrazine groups is 1. The van der Waals surface area contributed by atoms with Gasteiger partial charge in [0.2, 0.25) is 0 Å². The number of aromatic nitrogens is 2. The first kappa shape index (κ1) is 13.7. The lowest BCUT2D eigenvalue weighted by Crippen LogP contribution is -2.15. The molecule has 0 saturated heterocycles. The maximum atomic E-state index is 8.70. The summed E-state index contributed by atoms with van der Waals surface area (Å²) < 4.78 is 0. The van der Waals surface area contributed by atoms with Crippen LogP contribution in [0.4, 0.5) is 11.6 Å². The third-order valence-electron chi connectivity index (χ3n) is 2.52. The molecule has 17 heavy (non-hydrogen) atoms.